The second-order valence-electron chi connectivity index (χ2n) is 6.42. The van der Waals surface area contributed by atoms with E-state index in [-0.39, 0.29) is 10.8 Å². The molecule has 0 aromatic heterocycles. The Morgan fingerprint density at radius 3 is 2.85 bits per heavy atom. The zero-order valence-corrected chi connectivity index (χ0v) is 16.3. The lowest BCUT2D eigenvalue weighted by Crippen LogP contribution is -2.46. The molecule has 8 nitrogen and oxygen atoms in total. The Balaban J connectivity index is 1.68. The van der Waals surface area contributed by atoms with Crippen molar-refractivity contribution in [1.82, 2.24) is 9.62 Å². The largest absolute Gasteiger partial charge is 0.486 e. The van der Waals surface area contributed by atoms with Gasteiger partial charge in [0.2, 0.25) is 15.9 Å². The fourth-order valence-corrected chi connectivity index (χ4v) is 4.93. The summed E-state index contributed by atoms with van der Waals surface area (Å²) < 4.78 is 43.6. The molecular weight excluding hydrogens is 372 g/mol. The molecule has 1 aromatic rings. The first-order valence-electron chi connectivity index (χ1n) is 9.31. The minimum Gasteiger partial charge on any atom is -0.486 e. The van der Waals surface area contributed by atoms with Crippen LogP contribution in [0.4, 0.5) is 0 Å². The molecule has 2 aliphatic rings. The lowest BCUT2D eigenvalue weighted by molar-refractivity contribution is -0.124. The van der Waals surface area contributed by atoms with Crippen molar-refractivity contribution < 1.29 is 27.4 Å². The Kier molecular flexibility index (Phi) is 6.56. The zero-order chi connectivity index (χ0) is 19.3. The van der Waals surface area contributed by atoms with Crippen LogP contribution in [-0.2, 0) is 19.6 Å². The number of fused-ring (bicyclic) bond motifs is 1. The van der Waals surface area contributed by atoms with Gasteiger partial charge >= 0.3 is 0 Å². The maximum Gasteiger partial charge on any atom is 0.243 e. The van der Waals surface area contributed by atoms with Crippen molar-refractivity contribution in [1.29, 1.82) is 0 Å². The summed E-state index contributed by atoms with van der Waals surface area (Å²) in [6.07, 6.45) is 1.86. The second kappa shape index (κ2) is 8.90. The number of nitrogens with zero attached hydrogens (tertiary/aromatic N) is 1. The molecule has 0 aliphatic carbocycles. The van der Waals surface area contributed by atoms with Crippen LogP contribution in [0.2, 0.25) is 0 Å². The predicted molar refractivity (Wildman–Crippen MR) is 98.5 cm³/mol. The lowest BCUT2D eigenvalue weighted by atomic mass is 10.2. The van der Waals surface area contributed by atoms with Crippen LogP contribution in [-0.4, -0.2) is 64.2 Å². The molecule has 1 unspecified atom stereocenters. The number of carbonyl (C=O) groups excluding carboxylic acids is 1. The highest BCUT2D eigenvalue weighted by Gasteiger charge is 2.39. The maximum atomic E-state index is 13.1. The van der Waals surface area contributed by atoms with Crippen LogP contribution in [0.15, 0.2) is 23.1 Å². The van der Waals surface area contributed by atoms with Crippen LogP contribution in [0, 0.1) is 0 Å². The minimum absolute atomic E-state index is 0.114. The van der Waals surface area contributed by atoms with Crippen LogP contribution >= 0.6 is 0 Å². The van der Waals surface area contributed by atoms with E-state index in [1.165, 1.54) is 16.4 Å². The lowest BCUT2D eigenvalue weighted by Gasteiger charge is -2.24. The molecule has 0 saturated carbocycles. The first-order chi connectivity index (χ1) is 13.0. The molecule has 2 heterocycles. The van der Waals surface area contributed by atoms with Crippen molar-refractivity contribution in [2.24, 2.45) is 0 Å². The molecule has 0 radical (unpaired) electrons. The van der Waals surface area contributed by atoms with Crippen LogP contribution in [0.25, 0.3) is 0 Å². The predicted octanol–water partition coefficient (Wildman–Crippen LogP) is 1.15. The summed E-state index contributed by atoms with van der Waals surface area (Å²) in [4.78, 5) is 12.6. The van der Waals surface area contributed by atoms with Gasteiger partial charge in [-0.25, -0.2) is 8.42 Å². The Hall–Kier alpha value is -1.84. The number of hydrogen-bond acceptors (Lipinski definition) is 6. The van der Waals surface area contributed by atoms with Crippen molar-refractivity contribution in [2.45, 2.75) is 37.1 Å². The van der Waals surface area contributed by atoms with E-state index in [0.29, 0.717) is 70.3 Å². The van der Waals surface area contributed by atoms with Crippen LogP contribution in [0.1, 0.15) is 26.2 Å². The molecule has 1 amide bonds. The smallest absolute Gasteiger partial charge is 0.243 e. The average molecular weight is 398 g/mol. The van der Waals surface area contributed by atoms with Gasteiger partial charge in [-0.3, -0.25) is 4.79 Å². The van der Waals surface area contributed by atoms with Crippen molar-refractivity contribution in [3.8, 4) is 11.5 Å². The number of nitrogens with one attached hydrogen (secondary N) is 1. The molecule has 0 spiro atoms. The van der Waals surface area contributed by atoms with Gasteiger partial charge in [0, 0.05) is 32.4 Å². The third-order valence-corrected chi connectivity index (χ3v) is 6.50. The molecule has 150 valence electrons. The molecule has 27 heavy (non-hydrogen) atoms. The van der Waals surface area contributed by atoms with Crippen molar-refractivity contribution in [3.63, 3.8) is 0 Å². The summed E-state index contributed by atoms with van der Waals surface area (Å²) in [5.41, 5.74) is 0. The van der Waals surface area contributed by atoms with Crippen LogP contribution in [0.5, 0.6) is 11.5 Å². The van der Waals surface area contributed by atoms with E-state index in [2.05, 4.69) is 5.32 Å². The van der Waals surface area contributed by atoms with Gasteiger partial charge in [0.1, 0.15) is 19.3 Å². The van der Waals surface area contributed by atoms with Gasteiger partial charge < -0.3 is 19.5 Å². The van der Waals surface area contributed by atoms with Gasteiger partial charge in [-0.15, -0.1) is 0 Å². The summed E-state index contributed by atoms with van der Waals surface area (Å²) in [6.45, 7) is 4.74. The number of rotatable bonds is 8. The van der Waals surface area contributed by atoms with Gasteiger partial charge in [0.05, 0.1) is 4.90 Å². The van der Waals surface area contributed by atoms with Crippen molar-refractivity contribution in [3.05, 3.63) is 18.2 Å². The Morgan fingerprint density at radius 2 is 2.07 bits per heavy atom. The standard InChI is InChI=1S/C18H26N2O6S/c1-2-24-10-4-8-19-18(21)15-5-3-9-20(15)27(22,23)14-6-7-16-17(13-14)26-12-11-25-16/h6-7,13,15H,2-5,8-12H2,1H3,(H,19,21). The number of sulfonamides is 1. The van der Waals surface area contributed by atoms with E-state index in [1.807, 2.05) is 6.92 Å². The van der Waals surface area contributed by atoms with Gasteiger partial charge in [0.25, 0.3) is 0 Å². The highest BCUT2D eigenvalue weighted by atomic mass is 32.2. The van der Waals surface area contributed by atoms with E-state index in [9.17, 15) is 13.2 Å². The molecule has 1 fully saturated rings. The van der Waals surface area contributed by atoms with Gasteiger partial charge in [-0.2, -0.15) is 4.31 Å². The SMILES string of the molecule is CCOCCCNC(=O)C1CCCN1S(=O)(=O)c1ccc2c(c1)OCCO2. The van der Waals surface area contributed by atoms with E-state index in [4.69, 9.17) is 14.2 Å². The maximum absolute atomic E-state index is 13.1. The summed E-state index contributed by atoms with van der Waals surface area (Å²) in [5.74, 6) is 0.689. The summed E-state index contributed by atoms with van der Waals surface area (Å²) in [6, 6.07) is 3.88. The monoisotopic (exact) mass is 398 g/mol. The topological polar surface area (TPSA) is 94.2 Å². The van der Waals surface area contributed by atoms with Gasteiger partial charge in [0.15, 0.2) is 11.5 Å². The van der Waals surface area contributed by atoms with Crippen molar-refractivity contribution in [2.75, 3.05) is 39.5 Å². The molecule has 3 rings (SSSR count). The highest BCUT2D eigenvalue weighted by Crippen LogP contribution is 2.34. The first kappa shape index (κ1) is 19.9. The second-order valence-corrected chi connectivity index (χ2v) is 8.31. The van der Waals surface area contributed by atoms with E-state index in [0.717, 1.165) is 0 Å². The fourth-order valence-electron chi connectivity index (χ4n) is 3.26. The molecular formula is C18H26N2O6S. The van der Waals surface area contributed by atoms with Gasteiger partial charge in [-0.1, -0.05) is 0 Å². The van der Waals surface area contributed by atoms with E-state index >= 15 is 0 Å². The minimum atomic E-state index is -3.79. The van der Waals surface area contributed by atoms with Crippen LogP contribution < -0.4 is 14.8 Å². The Bertz CT molecular complexity index is 767. The Labute approximate surface area is 159 Å². The number of hydrogen-bond donors (Lipinski definition) is 1. The molecule has 2 aliphatic heterocycles. The average Bonchev–Trinajstić information content (AvgIpc) is 3.18. The number of benzene rings is 1. The Morgan fingerprint density at radius 1 is 1.30 bits per heavy atom. The van der Waals surface area contributed by atoms with Crippen LogP contribution in [0.3, 0.4) is 0 Å². The number of ether oxygens (including phenoxy) is 3. The third kappa shape index (κ3) is 4.53. The fraction of sp³-hybridized carbons (Fsp3) is 0.611. The van der Waals surface area contributed by atoms with Gasteiger partial charge in [-0.05, 0) is 38.3 Å². The molecule has 1 aromatic carbocycles. The van der Waals surface area contributed by atoms with E-state index in [1.54, 1.807) is 6.07 Å². The molecule has 1 atom stereocenters. The number of amides is 1. The summed E-state index contributed by atoms with van der Waals surface area (Å²) in [7, 11) is -3.79. The molecule has 1 N–H and O–H groups in total. The molecule has 0 bridgehead atoms. The highest BCUT2D eigenvalue weighted by molar-refractivity contribution is 7.89. The molecule has 9 heteroatoms. The zero-order valence-electron chi connectivity index (χ0n) is 15.5. The quantitative estimate of drug-likeness (QED) is 0.661. The molecule has 1 saturated heterocycles. The number of carbonyl (C=O) groups is 1. The normalized spacial score (nSPS) is 19.8. The van der Waals surface area contributed by atoms with E-state index < -0.39 is 16.1 Å². The third-order valence-electron chi connectivity index (χ3n) is 4.60. The summed E-state index contributed by atoms with van der Waals surface area (Å²) in [5, 5.41) is 2.82. The summed E-state index contributed by atoms with van der Waals surface area (Å²) >= 11 is 0. The first-order valence-corrected chi connectivity index (χ1v) is 10.7. The van der Waals surface area contributed by atoms with Crippen molar-refractivity contribution >= 4 is 15.9 Å².